The molecule has 0 atom stereocenters. The Morgan fingerprint density at radius 3 is 2.89 bits per heavy atom. The van der Waals surface area contributed by atoms with Crippen LogP contribution < -0.4 is 0 Å². The van der Waals surface area contributed by atoms with E-state index in [-0.39, 0.29) is 10.4 Å². The minimum absolute atomic E-state index is 0.173. The Bertz CT molecular complexity index is 437. The van der Waals surface area contributed by atoms with E-state index in [9.17, 15) is 9.18 Å². The van der Waals surface area contributed by atoms with E-state index >= 15 is 0 Å². The van der Waals surface area contributed by atoms with Gasteiger partial charge in [0.1, 0.15) is 5.82 Å². The first kappa shape index (κ1) is 14.9. The fraction of sp³-hybridized carbons (Fsp3) is 0.308. The quantitative estimate of drug-likeness (QED) is 0.755. The molecule has 0 aliphatic carbocycles. The number of carbonyl (C=O) groups excluding carboxylic acids is 1. The van der Waals surface area contributed by atoms with E-state index in [4.69, 9.17) is 4.74 Å². The van der Waals surface area contributed by atoms with Crippen LogP contribution in [0.4, 0.5) is 4.39 Å². The van der Waals surface area contributed by atoms with E-state index in [0.29, 0.717) is 25.3 Å². The summed E-state index contributed by atoms with van der Waals surface area (Å²) in [5.74, 6) is -0.564. The second-order valence-corrected chi connectivity index (χ2v) is 4.52. The van der Waals surface area contributed by atoms with E-state index in [1.54, 1.807) is 18.1 Å². The number of amides is 1. The van der Waals surface area contributed by atoms with Crippen molar-refractivity contribution in [2.45, 2.75) is 0 Å². The molecular weight excluding hydrogens is 301 g/mol. The van der Waals surface area contributed by atoms with Gasteiger partial charge in [0.25, 0.3) is 5.91 Å². The van der Waals surface area contributed by atoms with Crippen molar-refractivity contribution >= 4 is 21.8 Å². The van der Waals surface area contributed by atoms with Gasteiger partial charge in [0.15, 0.2) is 0 Å². The molecule has 1 aromatic rings. The maximum Gasteiger partial charge on any atom is 0.254 e. The zero-order valence-electron chi connectivity index (χ0n) is 10.2. The topological polar surface area (TPSA) is 29.5 Å². The van der Waals surface area contributed by atoms with Crippen LogP contribution in [0, 0.1) is 5.82 Å². The van der Waals surface area contributed by atoms with Gasteiger partial charge >= 0.3 is 0 Å². The van der Waals surface area contributed by atoms with Gasteiger partial charge in [0.2, 0.25) is 0 Å². The van der Waals surface area contributed by atoms with Gasteiger partial charge in [-0.05, 0) is 34.1 Å². The van der Waals surface area contributed by atoms with Gasteiger partial charge in [-0.1, -0.05) is 6.08 Å². The third-order valence-electron chi connectivity index (χ3n) is 2.37. The summed E-state index contributed by atoms with van der Waals surface area (Å²) < 4.78 is 18.3. The standard InChI is InChI=1S/C13H15BrFNO2/c1-3-6-16(7-8-18-2)13(17)10-4-5-12(15)11(14)9-10/h3-5,9H,1,6-8H2,2H3. The normalized spacial score (nSPS) is 10.2. The molecule has 98 valence electrons. The van der Waals surface area contributed by atoms with Gasteiger partial charge in [-0.2, -0.15) is 0 Å². The summed E-state index contributed by atoms with van der Waals surface area (Å²) in [5, 5.41) is 0. The molecule has 3 nitrogen and oxygen atoms in total. The molecule has 1 aromatic carbocycles. The molecule has 0 aromatic heterocycles. The summed E-state index contributed by atoms with van der Waals surface area (Å²) in [7, 11) is 1.57. The van der Waals surface area contributed by atoms with Crippen LogP contribution in [0.5, 0.6) is 0 Å². The van der Waals surface area contributed by atoms with Crippen molar-refractivity contribution in [2.75, 3.05) is 26.8 Å². The van der Waals surface area contributed by atoms with Crippen LogP contribution in [-0.2, 0) is 4.74 Å². The van der Waals surface area contributed by atoms with Crippen molar-refractivity contribution in [3.63, 3.8) is 0 Å². The Morgan fingerprint density at radius 1 is 1.61 bits per heavy atom. The van der Waals surface area contributed by atoms with Crippen molar-refractivity contribution in [2.24, 2.45) is 0 Å². The molecule has 0 fully saturated rings. The van der Waals surface area contributed by atoms with E-state index in [1.807, 2.05) is 0 Å². The summed E-state index contributed by atoms with van der Waals surface area (Å²) in [6, 6.07) is 4.20. The predicted molar refractivity (Wildman–Crippen MR) is 72.1 cm³/mol. The zero-order chi connectivity index (χ0) is 13.5. The molecule has 0 unspecified atom stereocenters. The van der Waals surface area contributed by atoms with Gasteiger partial charge in [0, 0.05) is 25.8 Å². The third-order valence-corrected chi connectivity index (χ3v) is 2.98. The summed E-state index contributed by atoms with van der Waals surface area (Å²) in [4.78, 5) is 13.8. The number of carbonyl (C=O) groups is 1. The summed E-state index contributed by atoms with van der Waals surface area (Å²) in [5.41, 5.74) is 0.432. The van der Waals surface area contributed by atoms with Crippen molar-refractivity contribution in [3.8, 4) is 0 Å². The number of halogens is 2. The summed E-state index contributed by atoms with van der Waals surface area (Å²) in [6.45, 7) is 4.96. The summed E-state index contributed by atoms with van der Waals surface area (Å²) >= 11 is 3.06. The molecule has 0 N–H and O–H groups in total. The molecule has 18 heavy (non-hydrogen) atoms. The number of nitrogens with zero attached hydrogens (tertiary/aromatic N) is 1. The largest absolute Gasteiger partial charge is 0.383 e. The van der Waals surface area contributed by atoms with Crippen LogP contribution in [0.2, 0.25) is 0 Å². The van der Waals surface area contributed by atoms with Crippen molar-refractivity contribution in [1.82, 2.24) is 4.90 Å². The molecule has 0 bridgehead atoms. The second kappa shape index (κ2) is 7.28. The Labute approximate surface area is 114 Å². The van der Waals surface area contributed by atoms with Crippen LogP contribution in [0.25, 0.3) is 0 Å². The molecule has 1 rings (SSSR count). The highest BCUT2D eigenvalue weighted by Gasteiger charge is 2.15. The molecule has 0 saturated heterocycles. The smallest absolute Gasteiger partial charge is 0.254 e. The highest BCUT2D eigenvalue weighted by atomic mass is 79.9. The van der Waals surface area contributed by atoms with Gasteiger partial charge in [-0.3, -0.25) is 4.79 Å². The Balaban J connectivity index is 2.86. The number of hydrogen-bond acceptors (Lipinski definition) is 2. The Morgan fingerprint density at radius 2 is 2.33 bits per heavy atom. The van der Waals surface area contributed by atoms with E-state index in [1.165, 1.54) is 18.2 Å². The fourth-order valence-electron chi connectivity index (χ4n) is 1.44. The van der Waals surface area contributed by atoms with Crippen molar-refractivity contribution in [1.29, 1.82) is 0 Å². The molecular formula is C13H15BrFNO2. The molecule has 0 aliphatic heterocycles. The molecule has 0 spiro atoms. The fourth-order valence-corrected chi connectivity index (χ4v) is 1.82. The van der Waals surface area contributed by atoms with Gasteiger partial charge in [-0.25, -0.2) is 4.39 Å². The first-order chi connectivity index (χ1) is 8.60. The molecule has 0 heterocycles. The van der Waals surface area contributed by atoms with Crippen molar-refractivity contribution in [3.05, 3.63) is 46.7 Å². The first-order valence-corrected chi connectivity index (χ1v) is 6.23. The molecule has 0 saturated carbocycles. The number of hydrogen-bond donors (Lipinski definition) is 0. The number of methoxy groups -OCH3 is 1. The monoisotopic (exact) mass is 315 g/mol. The lowest BCUT2D eigenvalue weighted by atomic mass is 10.2. The average Bonchev–Trinajstić information content (AvgIpc) is 2.37. The van der Waals surface area contributed by atoms with Crippen LogP contribution in [0.3, 0.4) is 0 Å². The molecule has 1 amide bonds. The minimum atomic E-state index is -0.390. The van der Waals surface area contributed by atoms with Gasteiger partial charge < -0.3 is 9.64 Å². The maximum absolute atomic E-state index is 13.1. The minimum Gasteiger partial charge on any atom is -0.383 e. The van der Waals surface area contributed by atoms with E-state index < -0.39 is 5.82 Å². The Kier molecular flexibility index (Phi) is 6.01. The predicted octanol–water partition coefficient (Wildman–Crippen LogP) is 2.86. The maximum atomic E-state index is 13.1. The van der Waals surface area contributed by atoms with Crippen LogP contribution in [-0.4, -0.2) is 37.6 Å². The zero-order valence-corrected chi connectivity index (χ0v) is 11.7. The lowest BCUT2D eigenvalue weighted by molar-refractivity contribution is 0.0718. The Hall–Kier alpha value is -1.20. The van der Waals surface area contributed by atoms with Crippen molar-refractivity contribution < 1.29 is 13.9 Å². The SMILES string of the molecule is C=CCN(CCOC)C(=O)c1ccc(F)c(Br)c1. The number of ether oxygens (including phenoxy) is 1. The molecule has 5 heteroatoms. The summed E-state index contributed by atoms with van der Waals surface area (Å²) in [6.07, 6.45) is 1.64. The van der Waals surface area contributed by atoms with Gasteiger partial charge in [-0.15, -0.1) is 6.58 Å². The molecule has 0 radical (unpaired) electrons. The molecule has 0 aliphatic rings. The van der Waals surface area contributed by atoms with Crippen LogP contribution >= 0.6 is 15.9 Å². The highest BCUT2D eigenvalue weighted by Crippen LogP contribution is 2.18. The van der Waals surface area contributed by atoms with E-state index in [0.717, 1.165) is 0 Å². The average molecular weight is 316 g/mol. The highest BCUT2D eigenvalue weighted by molar-refractivity contribution is 9.10. The first-order valence-electron chi connectivity index (χ1n) is 5.44. The third kappa shape index (κ3) is 3.92. The van der Waals surface area contributed by atoms with Gasteiger partial charge in [0.05, 0.1) is 11.1 Å². The second-order valence-electron chi connectivity index (χ2n) is 3.66. The van der Waals surface area contributed by atoms with Crippen LogP contribution in [0.1, 0.15) is 10.4 Å². The van der Waals surface area contributed by atoms with E-state index in [2.05, 4.69) is 22.5 Å². The lowest BCUT2D eigenvalue weighted by Crippen LogP contribution is -2.34. The number of benzene rings is 1. The van der Waals surface area contributed by atoms with Crippen LogP contribution in [0.15, 0.2) is 35.3 Å². The lowest BCUT2D eigenvalue weighted by Gasteiger charge is -2.20. The number of rotatable bonds is 6.